The number of guanidine groups is 1. The van der Waals surface area contributed by atoms with Gasteiger partial charge in [0.1, 0.15) is 12.3 Å². The molecule has 2 aromatic carbocycles. The highest BCUT2D eigenvalue weighted by molar-refractivity contribution is 6.06. The fraction of sp³-hybridized carbons (Fsp3) is 0.333. The third kappa shape index (κ3) is 5.69. The van der Waals surface area contributed by atoms with Crippen molar-refractivity contribution in [3.05, 3.63) is 70.9 Å². The average molecular weight is 476 g/mol. The van der Waals surface area contributed by atoms with Crippen molar-refractivity contribution in [3.8, 4) is 0 Å². The summed E-state index contributed by atoms with van der Waals surface area (Å²) in [5, 5.41) is 3.74. The van der Waals surface area contributed by atoms with E-state index in [2.05, 4.69) is 28.9 Å². The molecule has 0 aliphatic rings. The van der Waals surface area contributed by atoms with Crippen molar-refractivity contribution in [2.45, 2.75) is 33.2 Å². The summed E-state index contributed by atoms with van der Waals surface area (Å²) in [4.78, 5) is 24.2. The topological polar surface area (TPSA) is 86.9 Å². The lowest BCUT2D eigenvalue weighted by molar-refractivity contribution is -0.136. The van der Waals surface area contributed by atoms with E-state index in [0.717, 1.165) is 47.8 Å². The molecule has 0 atom stereocenters. The van der Waals surface area contributed by atoms with E-state index < -0.39 is 17.6 Å². The minimum absolute atomic E-state index is 0.0445. The van der Waals surface area contributed by atoms with Crippen LogP contribution in [-0.4, -0.2) is 46.8 Å². The number of nitrogens with one attached hydrogen (secondary N) is 1. The second-order valence-electron chi connectivity index (χ2n) is 7.76. The summed E-state index contributed by atoms with van der Waals surface area (Å²) in [5.41, 5.74) is 7.27. The largest absolute Gasteiger partial charge is 0.417 e. The van der Waals surface area contributed by atoms with Gasteiger partial charge < -0.3 is 15.6 Å². The minimum atomic E-state index is -4.54. The van der Waals surface area contributed by atoms with Gasteiger partial charge in [-0.25, -0.2) is 0 Å². The molecule has 182 valence electrons. The van der Waals surface area contributed by atoms with Gasteiger partial charge in [0.2, 0.25) is 5.96 Å². The first-order valence-corrected chi connectivity index (χ1v) is 10.9. The van der Waals surface area contributed by atoms with Crippen LogP contribution >= 0.6 is 0 Å². The van der Waals surface area contributed by atoms with Gasteiger partial charge in [0.05, 0.1) is 5.56 Å². The maximum absolute atomic E-state index is 13.3. The second kappa shape index (κ2) is 10.6. The van der Waals surface area contributed by atoms with E-state index in [4.69, 9.17) is 10.6 Å². The summed E-state index contributed by atoms with van der Waals surface area (Å²) in [6, 6.07) is 12.7. The van der Waals surface area contributed by atoms with Gasteiger partial charge in [0.15, 0.2) is 0 Å². The molecule has 10 heteroatoms. The molecule has 3 N–H and O–H groups in total. The number of alkyl halides is 3. The van der Waals surface area contributed by atoms with E-state index in [-0.39, 0.29) is 29.2 Å². The predicted octanol–water partition coefficient (Wildman–Crippen LogP) is 4.55. The first-order valence-electron chi connectivity index (χ1n) is 10.9. The number of oxime groups is 1. The Hall–Kier alpha value is -3.53. The van der Waals surface area contributed by atoms with Gasteiger partial charge in [0.25, 0.3) is 5.91 Å². The normalized spacial score (nSPS) is 12.4. The van der Waals surface area contributed by atoms with E-state index in [1.54, 1.807) is 0 Å². The Morgan fingerprint density at radius 3 is 2.41 bits per heavy atom. The van der Waals surface area contributed by atoms with Crippen LogP contribution in [0.25, 0.3) is 10.9 Å². The van der Waals surface area contributed by atoms with E-state index in [1.807, 2.05) is 24.3 Å². The molecule has 34 heavy (non-hydrogen) atoms. The average Bonchev–Trinajstić information content (AvgIpc) is 3.26. The fourth-order valence-electron chi connectivity index (χ4n) is 3.57. The number of nitrogens with zero attached hydrogens (tertiary/aromatic N) is 3. The summed E-state index contributed by atoms with van der Waals surface area (Å²) in [5.74, 6) is -0.864. The molecule has 3 aromatic rings. The molecule has 0 spiro atoms. The third-order valence-electron chi connectivity index (χ3n) is 5.63. The Labute approximate surface area is 196 Å². The predicted molar refractivity (Wildman–Crippen MR) is 125 cm³/mol. The lowest BCUT2D eigenvalue weighted by atomic mass is 10.1. The van der Waals surface area contributed by atoms with Crippen molar-refractivity contribution >= 4 is 22.8 Å². The number of benzene rings is 2. The SMILES string of the molecule is CCN(CC)Cc1ccccc1CON=C(N)N(C)C(=O)c1cc2c(C(F)(F)F)cccc2[nH]1. The van der Waals surface area contributed by atoms with Crippen molar-refractivity contribution in [3.63, 3.8) is 0 Å². The molecule has 0 radical (unpaired) electrons. The molecular weight excluding hydrogens is 447 g/mol. The van der Waals surface area contributed by atoms with Crippen molar-refractivity contribution in [2.75, 3.05) is 20.1 Å². The monoisotopic (exact) mass is 475 g/mol. The van der Waals surface area contributed by atoms with E-state index in [0.29, 0.717) is 0 Å². The van der Waals surface area contributed by atoms with Gasteiger partial charge in [-0.05, 0) is 47.6 Å². The molecule has 0 unspecified atom stereocenters. The second-order valence-corrected chi connectivity index (χ2v) is 7.76. The summed E-state index contributed by atoms with van der Waals surface area (Å²) in [7, 11) is 1.37. The molecule has 1 amide bonds. The highest BCUT2D eigenvalue weighted by Gasteiger charge is 2.33. The Kier molecular flexibility index (Phi) is 7.83. The summed E-state index contributed by atoms with van der Waals surface area (Å²) in [6.45, 7) is 6.95. The number of H-pyrrole nitrogens is 1. The molecule has 0 bridgehead atoms. The Morgan fingerprint density at radius 2 is 1.76 bits per heavy atom. The third-order valence-corrected chi connectivity index (χ3v) is 5.63. The first kappa shape index (κ1) is 25.1. The quantitative estimate of drug-likeness (QED) is 0.284. The maximum Gasteiger partial charge on any atom is 0.417 e. The minimum Gasteiger partial charge on any atom is -0.388 e. The van der Waals surface area contributed by atoms with Crippen molar-refractivity contribution in [2.24, 2.45) is 10.9 Å². The van der Waals surface area contributed by atoms with E-state index in [9.17, 15) is 18.0 Å². The molecule has 0 saturated carbocycles. The summed E-state index contributed by atoms with van der Waals surface area (Å²) in [6.07, 6.45) is -4.54. The lowest BCUT2D eigenvalue weighted by Gasteiger charge is -2.20. The zero-order valence-electron chi connectivity index (χ0n) is 19.3. The van der Waals surface area contributed by atoms with Gasteiger partial charge in [-0.2, -0.15) is 13.2 Å². The number of aromatic nitrogens is 1. The first-order chi connectivity index (χ1) is 16.2. The van der Waals surface area contributed by atoms with Gasteiger partial charge in [-0.3, -0.25) is 14.6 Å². The Morgan fingerprint density at radius 1 is 1.09 bits per heavy atom. The van der Waals surface area contributed by atoms with Crippen molar-refractivity contribution < 1.29 is 22.8 Å². The number of carbonyl (C=O) groups excluding carboxylic acids is 1. The molecular formula is C24H28F3N5O2. The summed E-state index contributed by atoms with van der Waals surface area (Å²) >= 11 is 0. The molecule has 1 heterocycles. The standard InChI is InChI=1S/C24H28F3N5O2/c1-4-32(5-2)14-16-9-6-7-10-17(16)15-34-30-23(28)31(3)22(33)21-13-18-19(24(25,26)27)11-8-12-20(18)29-21/h6-13,29H,4-5,14-15H2,1-3H3,(H2,28,30). The van der Waals surface area contributed by atoms with Crippen LogP contribution in [0.1, 0.15) is 41.0 Å². The molecule has 0 aliphatic heterocycles. The van der Waals surface area contributed by atoms with Gasteiger partial charge >= 0.3 is 6.18 Å². The molecule has 0 aliphatic carbocycles. The zero-order chi connectivity index (χ0) is 24.9. The maximum atomic E-state index is 13.3. The number of carbonyl (C=O) groups is 1. The van der Waals surface area contributed by atoms with Crippen molar-refractivity contribution in [1.29, 1.82) is 0 Å². The highest BCUT2D eigenvalue weighted by atomic mass is 19.4. The molecule has 0 saturated heterocycles. The van der Waals surface area contributed by atoms with Crippen LogP contribution in [0.3, 0.4) is 0 Å². The van der Waals surface area contributed by atoms with Crippen LogP contribution in [0.2, 0.25) is 0 Å². The molecule has 3 rings (SSSR count). The molecule has 1 aromatic heterocycles. The fourth-order valence-corrected chi connectivity index (χ4v) is 3.57. The number of fused-ring (bicyclic) bond motifs is 1. The van der Waals surface area contributed by atoms with E-state index >= 15 is 0 Å². The van der Waals surface area contributed by atoms with Crippen LogP contribution in [-0.2, 0) is 24.2 Å². The number of aromatic amines is 1. The van der Waals surface area contributed by atoms with Gasteiger partial charge in [0, 0.05) is 24.5 Å². The number of hydrogen-bond donors (Lipinski definition) is 2. The van der Waals surface area contributed by atoms with Crippen LogP contribution in [0.15, 0.2) is 53.7 Å². The Balaban J connectivity index is 1.71. The number of amides is 1. The van der Waals surface area contributed by atoms with Gasteiger partial charge in [-0.15, -0.1) is 0 Å². The molecule has 0 fully saturated rings. The molecule has 7 nitrogen and oxygen atoms in total. The number of halogens is 3. The van der Waals surface area contributed by atoms with E-state index in [1.165, 1.54) is 19.2 Å². The number of nitrogens with two attached hydrogens (primary N) is 1. The Bertz CT molecular complexity index is 1170. The van der Waals surface area contributed by atoms with Crippen LogP contribution in [0, 0.1) is 0 Å². The lowest BCUT2D eigenvalue weighted by Crippen LogP contribution is -2.39. The van der Waals surface area contributed by atoms with Crippen LogP contribution < -0.4 is 5.73 Å². The van der Waals surface area contributed by atoms with Crippen molar-refractivity contribution in [1.82, 2.24) is 14.8 Å². The highest BCUT2D eigenvalue weighted by Crippen LogP contribution is 2.35. The number of hydrogen-bond acceptors (Lipinski definition) is 4. The zero-order valence-corrected chi connectivity index (χ0v) is 19.3. The van der Waals surface area contributed by atoms with Crippen LogP contribution in [0.4, 0.5) is 13.2 Å². The summed E-state index contributed by atoms with van der Waals surface area (Å²) < 4.78 is 39.8. The van der Waals surface area contributed by atoms with Crippen LogP contribution in [0.5, 0.6) is 0 Å². The smallest absolute Gasteiger partial charge is 0.388 e. The van der Waals surface area contributed by atoms with Gasteiger partial charge in [-0.1, -0.05) is 44.2 Å². The number of rotatable bonds is 8.